The van der Waals surface area contributed by atoms with Crippen molar-refractivity contribution in [1.29, 1.82) is 0 Å². The summed E-state index contributed by atoms with van der Waals surface area (Å²) in [6.07, 6.45) is 6.15. The lowest BCUT2D eigenvalue weighted by Gasteiger charge is -2.22. The zero-order valence-corrected chi connectivity index (χ0v) is 10.1. The molecule has 0 spiro atoms. The zero-order valence-electron chi connectivity index (χ0n) is 8.54. The van der Waals surface area contributed by atoms with Crippen LogP contribution in [0.25, 0.3) is 0 Å². The highest BCUT2D eigenvalue weighted by molar-refractivity contribution is 9.10. The van der Waals surface area contributed by atoms with Crippen LogP contribution in [0, 0.1) is 0 Å². The Balaban J connectivity index is 2.27. The molecule has 1 aliphatic rings. The van der Waals surface area contributed by atoms with Crippen molar-refractivity contribution in [2.24, 2.45) is 0 Å². The molecule has 1 saturated carbocycles. The van der Waals surface area contributed by atoms with Crippen molar-refractivity contribution >= 4 is 15.9 Å². The number of halogens is 1. The molecule has 0 heterocycles. The van der Waals surface area contributed by atoms with Crippen molar-refractivity contribution in [3.8, 4) is 11.5 Å². The van der Waals surface area contributed by atoms with Crippen LogP contribution in [0.1, 0.15) is 43.6 Å². The number of hydrogen-bond acceptors (Lipinski definition) is 2. The van der Waals surface area contributed by atoms with Gasteiger partial charge in [0.2, 0.25) is 0 Å². The average molecular weight is 271 g/mol. The third-order valence-electron chi connectivity index (χ3n) is 3.13. The van der Waals surface area contributed by atoms with Gasteiger partial charge in [-0.2, -0.15) is 0 Å². The van der Waals surface area contributed by atoms with Crippen LogP contribution in [0.3, 0.4) is 0 Å². The molecule has 2 N–H and O–H groups in total. The molecule has 2 rings (SSSR count). The normalized spacial score (nSPS) is 17.9. The maximum Gasteiger partial charge on any atom is 0.133 e. The average Bonchev–Trinajstić information content (AvgIpc) is 2.26. The van der Waals surface area contributed by atoms with Crippen LogP contribution >= 0.6 is 15.9 Å². The van der Waals surface area contributed by atoms with Gasteiger partial charge in [0, 0.05) is 0 Å². The molecule has 2 nitrogen and oxygen atoms in total. The maximum absolute atomic E-state index is 9.60. The van der Waals surface area contributed by atoms with Crippen molar-refractivity contribution in [2.75, 3.05) is 0 Å². The Bertz CT molecular complexity index is 334. The number of benzene rings is 1. The first-order chi connectivity index (χ1) is 7.18. The van der Waals surface area contributed by atoms with Crippen molar-refractivity contribution < 1.29 is 10.2 Å². The van der Waals surface area contributed by atoms with Gasteiger partial charge < -0.3 is 10.2 Å². The third kappa shape index (κ3) is 2.28. The predicted octanol–water partition coefficient (Wildman–Crippen LogP) is 3.91. The van der Waals surface area contributed by atoms with Gasteiger partial charge in [-0.25, -0.2) is 0 Å². The number of rotatable bonds is 1. The summed E-state index contributed by atoms with van der Waals surface area (Å²) in [7, 11) is 0. The van der Waals surface area contributed by atoms with Gasteiger partial charge in [-0.3, -0.25) is 0 Å². The molecule has 1 aromatic carbocycles. The van der Waals surface area contributed by atoms with Crippen molar-refractivity contribution in [3.63, 3.8) is 0 Å². The number of aromatic hydroxyl groups is 2. The van der Waals surface area contributed by atoms with E-state index in [2.05, 4.69) is 15.9 Å². The van der Waals surface area contributed by atoms with Crippen LogP contribution in [0.2, 0.25) is 0 Å². The molecule has 0 radical (unpaired) electrons. The molecule has 1 aliphatic carbocycles. The van der Waals surface area contributed by atoms with E-state index in [1.54, 1.807) is 12.1 Å². The highest BCUT2D eigenvalue weighted by Gasteiger charge is 2.18. The van der Waals surface area contributed by atoms with E-state index in [1.165, 1.54) is 32.1 Å². The van der Waals surface area contributed by atoms with E-state index in [-0.39, 0.29) is 11.5 Å². The van der Waals surface area contributed by atoms with E-state index < -0.39 is 0 Å². The lowest BCUT2D eigenvalue weighted by atomic mass is 9.84. The Morgan fingerprint density at radius 1 is 1.00 bits per heavy atom. The molecule has 0 unspecified atom stereocenters. The van der Waals surface area contributed by atoms with Crippen molar-refractivity contribution in [3.05, 3.63) is 22.2 Å². The van der Waals surface area contributed by atoms with Crippen LogP contribution in [-0.2, 0) is 0 Å². The summed E-state index contributed by atoms with van der Waals surface area (Å²) in [4.78, 5) is 0. The number of phenolic OH excluding ortho intramolecular Hbond substituents is 2. The molecule has 0 amide bonds. The molecular formula is C12H15BrO2. The smallest absolute Gasteiger partial charge is 0.133 e. The minimum absolute atomic E-state index is 0.135. The van der Waals surface area contributed by atoms with E-state index in [0.29, 0.717) is 10.4 Å². The number of phenols is 2. The van der Waals surface area contributed by atoms with Gasteiger partial charge in [0.05, 0.1) is 0 Å². The molecule has 1 aromatic rings. The first-order valence-electron chi connectivity index (χ1n) is 5.40. The lowest BCUT2D eigenvalue weighted by Crippen LogP contribution is -2.04. The monoisotopic (exact) mass is 270 g/mol. The Morgan fingerprint density at radius 3 is 2.07 bits per heavy atom. The van der Waals surface area contributed by atoms with E-state index in [1.807, 2.05) is 0 Å². The van der Waals surface area contributed by atoms with Gasteiger partial charge in [-0.15, -0.1) is 0 Å². The second kappa shape index (κ2) is 4.44. The second-order valence-electron chi connectivity index (χ2n) is 4.21. The van der Waals surface area contributed by atoms with Crippen molar-refractivity contribution in [2.45, 2.75) is 38.0 Å². The molecule has 3 heteroatoms. The molecule has 0 atom stereocenters. The predicted molar refractivity (Wildman–Crippen MR) is 63.3 cm³/mol. The summed E-state index contributed by atoms with van der Waals surface area (Å²) in [6.45, 7) is 0. The minimum Gasteiger partial charge on any atom is -0.507 e. The maximum atomic E-state index is 9.60. The molecule has 82 valence electrons. The molecule has 0 aromatic heterocycles. The van der Waals surface area contributed by atoms with Crippen molar-refractivity contribution in [1.82, 2.24) is 0 Å². The molecule has 0 saturated heterocycles. The van der Waals surface area contributed by atoms with Gasteiger partial charge in [0.15, 0.2) is 0 Å². The summed E-state index contributed by atoms with van der Waals surface area (Å²) in [5.74, 6) is 0.773. The highest BCUT2D eigenvalue weighted by atomic mass is 79.9. The minimum atomic E-state index is 0.135. The van der Waals surface area contributed by atoms with Crippen LogP contribution < -0.4 is 0 Å². The summed E-state index contributed by atoms with van der Waals surface area (Å²) in [5.41, 5.74) is 1.06. The topological polar surface area (TPSA) is 40.5 Å². The molecular weight excluding hydrogens is 256 g/mol. The standard InChI is InChI=1S/C12H15BrO2/c13-12-10(14)6-9(7-11(12)15)8-4-2-1-3-5-8/h6-8,14-15H,1-5H2. The Labute approximate surface area is 98.1 Å². The summed E-state index contributed by atoms with van der Waals surface area (Å²) < 4.78 is 0.391. The first-order valence-corrected chi connectivity index (χ1v) is 6.19. The third-order valence-corrected chi connectivity index (χ3v) is 3.95. The van der Waals surface area contributed by atoms with Gasteiger partial charge in [-0.1, -0.05) is 19.3 Å². The summed E-state index contributed by atoms with van der Waals surface area (Å²) in [6, 6.07) is 3.53. The second-order valence-corrected chi connectivity index (χ2v) is 5.00. The van der Waals surface area contributed by atoms with Gasteiger partial charge in [-0.05, 0) is 52.4 Å². The fourth-order valence-corrected chi connectivity index (χ4v) is 2.52. The highest BCUT2D eigenvalue weighted by Crippen LogP contribution is 2.40. The molecule has 15 heavy (non-hydrogen) atoms. The van der Waals surface area contributed by atoms with Crippen LogP contribution in [0.4, 0.5) is 0 Å². The summed E-state index contributed by atoms with van der Waals surface area (Å²) >= 11 is 3.14. The Morgan fingerprint density at radius 2 is 1.53 bits per heavy atom. The largest absolute Gasteiger partial charge is 0.507 e. The van der Waals surface area contributed by atoms with E-state index >= 15 is 0 Å². The quantitative estimate of drug-likeness (QED) is 0.813. The fourth-order valence-electron chi connectivity index (χ4n) is 2.29. The van der Waals surface area contributed by atoms with Crippen LogP contribution in [0.5, 0.6) is 11.5 Å². The Kier molecular flexibility index (Phi) is 3.19. The van der Waals surface area contributed by atoms with Crippen LogP contribution in [0.15, 0.2) is 16.6 Å². The van der Waals surface area contributed by atoms with Gasteiger partial charge in [0.1, 0.15) is 16.0 Å². The molecule has 1 fully saturated rings. The first kappa shape index (κ1) is 10.8. The van der Waals surface area contributed by atoms with Gasteiger partial charge in [0.25, 0.3) is 0 Å². The van der Waals surface area contributed by atoms with E-state index in [0.717, 1.165) is 5.56 Å². The molecule has 0 bridgehead atoms. The fraction of sp³-hybridized carbons (Fsp3) is 0.500. The molecule has 0 aliphatic heterocycles. The van der Waals surface area contributed by atoms with Crippen LogP contribution in [-0.4, -0.2) is 10.2 Å². The van der Waals surface area contributed by atoms with E-state index in [4.69, 9.17) is 0 Å². The van der Waals surface area contributed by atoms with E-state index in [9.17, 15) is 10.2 Å². The lowest BCUT2D eigenvalue weighted by molar-refractivity contribution is 0.424. The number of hydrogen-bond donors (Lipinski definition) is 2. The summed E-state index contributed by atoms with van der Waals surface area (Å²) in [5, 5.41) is 19.2. The zero-order chi connectivity index (χ0) is 10.8. The Hall–Kier alpha value is -0.700. The van der Waals surface area contributed by atoms with Gasteiger partial charge >= 0.3 is 0 Å². The SMILES string of the molecule is Oc1cc(C2CCCCC2)cc(O)c1Br.